The van der Waals surface area contributed by atoms with Gasteiger partial charge in [0.15, 0.2) is 0 Å². The van der Waals surface area contributed by atoms with Gasteiger partial charge >= 0.3 is 154 Å². The monoisotopic (exact) mass is 415 g/mol. The number of hydrogen-bond donors (Lipinski definition) is 0. The number of rotatable bonds is 9. The number of allylic oxidation sites excluding steroid dienone is 2. The standard InChI is InChI=1S/C20H29N2.2ClH.Ti/c1-4-5-13-21-14-12-18-8-6-7-9-20(18)19-11-10-17(15-19)16-22(2)3;;;/h6-10,15H,4-5,11-14,16H2,1-3H3;2*1H;/q-1;;;+3/p-2. The van der Waals surface area contributed by atoms with Gasteiger partial charge in [-0.3, -0.25) is 0 Å². The molecule has 2 nitrogen and oxygen atoms in total. The van der Waals surface area contributed by atoms with Crippen LogP contribution in [-0.2, 0) is 27.1 Å². The molecule has 2 rings (SSSR count). The van der Waals surface area contributed by atoms with Gasteiger partial charge in [-0.15, -0.1) is 0 Å². The largest absolute Gasteiger partial charge is 1.00 e. The Kier molecular flexibility index (Phi) is 13.1. The first-order valence-corrected chi connectivity index (χ1v) is 9.38. The SMILES string of the molecule is CCCC[N]([Ti+2])CCc1ccccc1C1=CC(CN(C)C)=CC1.[Cl-].[Cl-]. The maximum atomic E-state index is 2.46. The Balaban J connectivity index is 0.00000288. The Labute approximate surface area is 178 Å². The van der Waals surface area contributed by atoms with E-state index in [2.05, 4.69) is 86.4 Å². The minimum atomic E-state index is 0. The van der Waals surface area contributed by atoms with Gasteiger partial charge in [0.05, 0.1) is 0 Å². The summed E-state index contributed by atoms with van der Waals surface area (Å²) in [5.41, 5.74) is 5.86. The van der Waals surface area contributed by atoms with E-state index in [1.54, 1.807) is 0 Å². The first kappa shape index (κ1) is 24.9. The zero-order valence-corrected chi connectivity index (χ0v) is 18.6. The number of unbranched alkanes of at least 4 members (excludes halogenated alkanes) is 1. The zero-order valence-electron chi connectivity index (χ0n) is 15.6. The van der Waals surface area contributed by atoms with Crippen LogP contribution in [0.5, 0.6) is 0 Å². The molecule has 0 saturated heterocycles. The Morgan fingerprint density at radius 2 is 1.80 bits per heavy atom. The van der Waals surface area contributed by atoms with Crippen LogP contribution in [0.1, 0.15) is 37.3 Å². The molecule has 25 heavy (non-hydrogen) atoms. The van der Waals surface area contributed by atoms with Gasteiger partial charge < -0.3 is 24.8 Å². The van der Waals surface area contributed by atoms with Crippen molar-refractivity contribution in [1.82, 2.24) is 8.28 Å². The maximum Gasteiger partial charge on any atom is -1.00 e. The second-order valence-electron chi connectivity index (χ2n) is 6.64. The van der Waals surface area contributed by atoms with Gasteiger partial charge in [-0.25, -0.2) is 0 Å². The van der Waals surface area contributed by atoms with Crippen LogP contribution in [0.25, 0.3) is 5.57 Å². The molecule has 0 bridgehead atoms. The van der Waals surface area contributed by atoms with Crippen LogP contribution >= 0.6 is 0 Å². The summed E-state index contributed by atoms with van der Waals surface area (Å²) >= 11 is 2.24. The van der Waals surface area contributed by atoms with E-state index in [9.17, 15) is 0 Å². The molecule has 0 amide bonds. The van der Waals surface area contributed by atoms with Crippen molar-refractivity contribution in [2.45, 2.75) is 32.6 Å². The van der Waals surface area contributed by atoms with Crippen molar-refractivity contribution in [3.05, 3.63) is 53.1 Å². The summed E-state index contributed by atoms with van der Waals surface area (Å²) < 4.78 is 2.46. The summed E-state index contributed by atoms with van der Waals surface area (Å²) in [5.74, 6) is 0. The van der Waals surface area contributed by atoms with Gasteiger partial charge in [0.1, 0.15) is 0 Å². The molecule has 0 fully saturated rings. The predicted octanol–water partition coefficient (Wildman–Crippen LogP) is -1.92. The molecule has 1 aliphatic carbocycles. The van der Waals surface area contributed by atoms with Crippen molar-refractivity contribution in [3.63, 3.8) is 0 Å². The first-order valence-electron chi connectivity index (χ1n) is 8.69. The second-order valence-corrected chi connectivity index (χ2v) is 7.63. The van der Waals surface area contributed by atoms with E-state index in [-0.39, 0.29) is 24.8 Å². The number of likely N-dealkylation sites (N-methyl/N-ethyl adjacent to an activating group) is 1. The molecular weight excluding hydrogens is 387 g/mol. The smallest absolute Gasteiger partial charge is 1.00 e. The van der Waals surface area contributed by atoms with Crippen LogP contribution in [0.4, 0.5) is 0 Å². The van der Waals surface area contributed by atoms with Crippen LogP contribution in [-0.4, -0.2) is 42.0 Å². The molecule has 0 unspecified atom stereocenters. The van der Waals surface area contributed by atoms with Crippen molar-refractivity contribution >= 4 is 5.57 Å². The molecule has 1 aromatic rings. The quantitative estimate of drug-likeness (QED) is 0.434. The Morgan fingerprint density at radius 3 is 2.48 bits per heavy atom. The normalized spacial score (nSPS) is 13.4. The molecular formula is C20H29Cl2N2Ti. The van der Waals surface area contributed by atoms with Crippen LogP contribution in [0.2, 0.25) is 0 Å². The van der Waals surface area contributed by atoms with Crippen LogP contribution in [0.3, 0.4) is 0 Å². The minimum Gasteiger partial charge on any atom is -1.00 e. The Hall–Kier alpha value is -0.0857. The number of benzene rings is 1. The summed E-state index contributed by atoms with van der Waals surface area (Å²) in [6, 6.07) is 8.94. The van der Waals surface area contributed by atoms with Crippen LogP contribution in [0, 0.1) is 0 Å². The van der Waals surface area contributed by atoms with E-state index >= 15 is 0 Å². The molecule has 0 spiro atoms. The topological polar surface area (TPSA) is 6.48 Å². The van der Waals surface area contributed by atoms with Gasteiger partial charge in [0.2, 0.25) is 0 Å². The summed E-state index contributed by atoms with van der Waals surface area (Å²) in [6.45, 7) is 5.64. The third-order valence-electron chi connectivity index (χ3n) is 4.24. The molecule has 0 radical (unpaired) electrons. The van der Waals surface area contributed by atoms with Gasteiger partial charge in [-0.1, -0.05) is 0 Å². The molecule has 0 atom stereocenters. The fourth-order valence-corrected chi connectivity index (χ4v) is 3.43. The number of nitrogens with zero attached hydrogens (tertiary/aromatic N) is 2. The molecule has 137 valence electrons. The molecule has 0 aliphatic heterocycles. The average Bonchev–Trinajstić information content (AvgIpc) is 2.98. The summed E-state index contributed by atoms with van der Waals surface area (Å²) in [5, 5.41) is 0. The number of halogens is 2. The molecule has 5 heteroatoms. The third-order valence-corrected chi connectivity index (χ3v) is 4.94. The van der Waals surface area contributed by atoms with Gasteiger partial charge in [-0.05, 0) is 0 Å². The van der Waals surface area contributed by atoms with Crippen molar-refractivity contribution in [2.24, 2.45) is 0 Å². The van der Waals surface area contributed by atoms with Gasteiger partial charge in [-0.2, -0.15) is 0 Å². The molecule has 0 aromatic heterocycles. The molecule has 1 aromatic carbocycles. The maximum absolute atomic E-state index is 2.46. The fourth-order valence-electron chi connectivity index (χ4n) is 3.01. The van der Waals surface area contributed by atoms with E-state index in [1.807, 2.05) is 0 Å². The van der Waals surface area contributed by atoms with Crippen LogP contribution < -0.4 is 24.8 Å². The summed E-state index contributed by atoms with van der Waals surface area (Å²) in [7, 11) is 4.26. The van der Waals surface area contributed by atoms with E-state index in [4.69, 9.17) is 0 Å². The third kappa shape index (κ3) is 8.43. The van der Waals surface area contributed by atoms with Crippen LogP contribution in [0.15, 0.2) is 42.0 Å². The molecule has 0 N–H and O–H groups in total. The van der Waals surface area contributed by atoms with Gasteiger partial charge in [0.25, 0.3) is 0 Å². The predicted molar refractivity (Wildman–Crippen MR) is 95.9 cm³/mol. The minimum absolute atomic E-state index is 0. The van der Waals surface area contributed by atoms with Crippen molar-refractivity contribution in [2.75, 3.05) is 33.7 Å². The van der Waals surface area contributed by atoms with E-state index in [0.717, 1.165) is 25.9 Å². The van der Waals surface area contributed by atoms with E-state index < -0.39 is 0 Å². The molecule has 1 aliphatic rings. The van der Waals surface area contributed by atoms with E-state index in [0.29, 0.717) is 0 Å². The first-order chi connectivity index (χ1) is 11.1. The van der Waals surface area contributed by atoms with E-state index in [1.165, 1.54) is 41.7 Å². The van der Waals surface area contributed by atoms with Crippen molar-refractivity contribution < 1.29 is 45.5 Å². The molecule has 0 heterocycles. The summed E-state index contributed by atoms with van der Waals surface area (Å²) in [6.07, 6.45) is 9.54. The second kappa shape index (κ2) is 13.1. The number of hydrogen-bond acceptors (Lipinski definition) is 2. The Morgan fingerprint density at radius 1 is 1.08 bits per heavy atom. The van der Waals surface area contributed by atoms with Crippen molar-refractivity contribution in [1.29, 1.82) is 0 Å². The summed E-state index contributed by atoms with van der Waals surface area (Å²) in [4.78, 5) is 2.24. The Bertz CT molecular complexity index is 571. The zero-order chi connectivity index (χ0) is 16.7. The fraction of sp³-hybridized carbons (Fsp3) is 0.500. The van der Waals surface area contributed by atoms with Crippen molar-refractivity contribution in [3.8, 4) is 0 Å². The average molecular weight is 416 g/mol. The van der Waals surface area contributed by atoms with Gasteiger partial charge in [0, 0.05) is 0 Å². The molecule has 0 saturated carbocycles.